The smallest absolute Gasteiger partial charge is 0.129 e. The van der Waals surface area contributed by atoms with Crippen LogP contribution in [0.25, 0.3) is 0 Å². The van der Waals surface area contributed by atoms with Crippen molar-refractivity contribution in [1.29, 1.82) is 0 Å². The second kappa shape index (κ2) is 6.16. The monoisotopic (exact) mass is 291 g/mol. The van der Waals surface area contributed by atoms with E-state index in [4.69, 9.17) is 5.73 Å². The second-order valence-corrected chi connectivity index (χ2v) is 4.33. The number of phenols is 1. The Bertz CT molecular complexity index is 354. The number of rotatable bonds is 3. The van der Waals surface area contributed by atoms with E-state index in [1.807, 2.05) is 19.1 Å². The van der Waals surface area contributed by atoms with E-state index < -0.39 is 0 Å². The molecule has 2 nitrogen and oxygen atoms in total. The Labute approximate surface area is 105 Å². The summed E-state index contributed by atoms with van der Waals surface area (Å²) in [6, 6.07) is 5.25. The normalized spacial score (nSPS) is 11.7. The van der Waals surface area contributed by atoms with Gasteiger partial charge in [-0.2, -0.15) is 0 Å². The van der Waals surface area contributed by atoms with Gasteiger partial charge in [-0.25, -0.2) is 0 Å². The number of aromatic hydroxyl groups is 1. The fraction of sp³-hybridized carbons (Fsp3) is 0.273. The van der Waals surface area contributed by atoms with Gasteiger partial charge in [-0.15, -0.1) is 19.0 Å². The van der Waals surface area contributed by atoms with Gasteiger partial charge in [-0.3, -0.25) is 0 Å². The van der Waals surface area contributed by atoms with Crippen LogP contribution in [0.2, 0.25) is 0 Å². The van der Waals surface area contributed by atoms with Gasteiger partial charge in [0.1, 0.15) is 5.75 Å². The fourth-order valence-corrected chi connectivity index (χ4v) is 1.64. The maximum Gasteiger partial charge on any atom is 0.129 e. The fourth-order valence-electron chi connectivity index (χ4n) is 1.25. The zero-order valence-electron chi connectivity index (χ0n) is 8.53. The van der Waals surface area contributed by atoms with E-state index in [9.17, 15) is 5.11 Å². The maximum atomic E-state index is 9.30. The summed E-state index contributed by atoms with van der Waals surface area (Å²) in [4.78, 5) is 0. The Kier molecular flexibility index (Phi) is 5.95. The molecular formula is C11H15BrClNO. The highest BCUT2D eigenvalue weighted by Crippen LogP contribution is 2.28. The second-order valence-electron chi connectivity index (χ2n) is 3.48. The van der Waals surface area contributed by atoms with Crippen molar-refractivity contribution >= 4 is 28.3 Å². The van der Waals surface area contributed by atoms with Crippen molar-refractivity contribution in [2.75, 3.05) is 0 Å². The van der Waals surface area contributed by atoms with Crippen LogP contribution < -0.4 is 5.73 Å². The van der Waals surface area contributed by atoms with E-state index in [-0.39, 0.29) is 24.2 Å². The highest BCUT2D eigenvalue weighted by atomic mass is 79.9. The highest BCUT2D eigenvalue weighted by Gasteiger charge is 2.07. The molecule has 3 N–H and O–H groups in total. The summed E-state index contributed by atoms with van der Waals surface area (Å²) in [5.41, 5.74) is 8.01. The molecule has 1 aromatic rings. The first kappa shape index (κ1) is 14.5. The van der Waals surface area contributed by atoms with Crippen LogP contribution in [0.4, 0.5) is 0 Å². The van der Waals surface area contributed by atoms with E-state index in [1.54, 1.807) is 6.07 Å². The molecule has 0 aliphatic rings. The molecule has 0 saturated heterocycles. The average molecular weight is 293 g/mol. The highest BCUT2D eigenvalue weighted by molar-refractivity contribution is 9.10. The van der Waals surface area contributed by atoms with Crippen molar-refractivity contribution in [1.82, 2.24) is 0 Å². The number of halogens is 2. The minimum atomic E-state index is -0.0515. The summed E-state index contributed by atoms with van der Waals surface area (Å²) in [6.45, 7) is 5.77. The van der Waals surface area contributed by atoms with Crippen LogP contribution in [0.15, 0.2) is 34.8 Å². The van der Waals surface area contributed by atoms with Crippen LogP contribution in [0.3, 0.4) is 0 Å². The van der Waals surface area contributed by atoms with Gasteiger partial charge in [0.25, 0.3) is 0 Å². The van der Waals surface area contributed by atoms with Gasteiger partial charge in [0, 0.05) is 6.04 Å². The van der Waals surface area contributed by atoms with Crippen LogP contribution in [0.1, 0.15) is 24.9 Å². The Morgan fingerprint density at radius 2 is 2.20 bits per heavy atom. The molecule has 0 spiro atoms. The van der Waals surface area contributed by atoms with Gasteiger partial charge < -0.3 is 10.8 Å². The number of benzene rings is 1. The van der Waals surface area contributed by atoms with Gasteiger partial charge in [0.2, 0.25) is 0 Å². The predicted octanol–water partition coefficient (Wildman–Crippen LogP) is 3.54. The molecule has 0 saturated carbocycles. The lowest BCUT2D eigenvalue weighted by molar-refractivity contribution is 0.471. The van der Waals surface area contributed by atoms with Crippen molar-refractivity contribution < 1.29 is 5.11 Å². The Morgan fingerprint density at radius 3 is 2.67 bits per heavy atom. The van der Waals surface area contributed by atoms with Crippen molar-refractivity contribution in [3.63, 3.8) is 0 Å². The summed E-state index contributed by atoms with van der Waals surface area (Å²) in [5.74, 6) is 0.233. The lowest BCUT2D eigenvalue weighted by Gasteiger charge is -2.12. The molecule has 0 amide bonds. The van der Waals surface area contributed by atoms with E-state index in [2.05, 4.69) is 22.5 Å². The molecule has 1 atom stereocenters. The van der Waals surface area contributed by atoms with E-state index in [1.165, 1.54) is 0 Å². The van der Waals surface area contributed by atoms with E-state index in [0.717, 1.165) is 17.6 Å². The SMILES string of the molecule is C=C(C)C[C@@H](N)c1ccc(O)c(Br)c1.Cl. The largest absolute Gasteiger partial charge is 0.507 e. The molecular weight excluding hydrogens is 277 g/mol. The van der Waals surface area contributed by atoms with Crippen molar-refractivity contribution in [2.45, 2.75) is 19.4 Å². The zero-order valence-corrected chi connectivity index (χ0v) is 10.9. The Hall–Kier alpha value is -0.510. The molecule has 0 radical (unpaired) electrons. The summed E-state index contributed by atoms with van der Waals surface area (Å²) >= 11 is 3.25. The molecule has 0 fully saturated rings. The number of phenolic OH excluding ortho intramolecular Hbond substituents is 1. The first-order valence-electron chi connectivity index (χ1n) is 4.39. The van der Waals surface area contributed by atoms with Crippen molar-refractivity contribution in [3.8, 4) is 5.75 Å². The summed E-state index contributed by atoms with van der Waals surface area (Å²) in [6.07, 6.45) is 0.761. The van der Waals surface area contributed by atoms with Crippen molar-refractivity contribution in [2.24, 2.45) is 5.73 Å². The van der Waals surface area contributed by atoms with E-state index >= 15 is 0 Å². The first-order valence-corrected chi connectivity index (χ1v) is 5.18. The first-order chi connectivity index (χ1) is 6.50. The molecule has 0 aromatic heterocycles. The lowest BCUT2D eigenvalue weighted by atomic mass is 10.0. The molecule has 15 heavy (non-hydrogen) atoms. The standard InChI is InChI=1S/C11H14BrNO.ClH/c1-7(2)5-10(13)8-3-4-11(14)9(12)6-8;/h3-4,6,10,14H,1,5,13H2,2H3;1H/t10-;/m1./s1. The third-order valence-corrected chi connectivity index (χ3v) is 2.60. The zero-order chi connectivity index (χ0) is 10.7. The molecule has 4 heteroatoms. The van der Waals surface area contributed by atoms with E-state index in [0.29, 0.717) is 4.47 Å². The average Bonchev–Trinajstić information content (AvgIpc) is 2.08. The predicted molar refractivity (Wildman–Crippen MR) is 69.4 cm³/mol. The van der Waals surface area contributed by atoms with Crippen LogP contribution in [-0.4, -0.2) is 5.11 Å². The number of hydrogen-bond acceptors (Lipinski definition) is 2. The molecule has 1 aromatic carbocycles. The van der Waals surface area contributed by atoms with Gasteiger partial charge in [-0.1, -0.05) is 11.6 Å². The molecule has 0 heterocycles. The van der Waals surface area contributed by atoms with Crippen molar-refractivity contribution in [3.05, 3.63) is 40.4 Å². The van der Waals surface area contributed by atoms with Gasteiger partial charge >= 0.3 is 0 Å². The molecule has 84 valence electrons. The van der Waals surface area contributed by atoms with Gasteiger partial charge in [0.15, 0.2) is 0 Å². The van der Waals surface area contributed by atoms with Gasteiger partial charge in [-0.05, 0) is 47.0 Å². The lowest BCUT2D eigenvalue weighted by Crippen LogP contribution is -2.10. The molecule has 0 unspecified atom stereocenters. The quantitative estimate of drug-likeness (QED) is 0.837. The summed E-state index contributed by atoms with van der Waals surface area (Å²) < 4.78 is 0.673. The summed E-state index contributed by atoms with van der Waals surface area (Å²) in [5, 5.41) is 9.30. The Balaban J connectivity index is 0.00000196. The minimum Gasteiger partial charge on any atom is -0.507 e. The number of nitrogens with two attached hydrogens (primary N) is 1. The maximum absolute atomic E-state index is 9.30. The topological polar surface area (TPSA) is 46.2 Å². The molecule has 0 aliphatic heterocycles. The Morgan fingerprint density at radius 1 is 1.60 bits per heavy atom. The number of hydrogen-bond donors (Lipinski definition) is 2. The van der Waals surface area contributed by atoms with Crippen LogP contribution in [-0.2, 0) is 0 Å². The summed E-state index contributed by atoms with van der Waals surface area (Å²) in [7, 11) is 0. The van der Waals surface area contributed by atoms with Crippen LogP contribution in [0, 0.1) is 0 Å². The molecule has 1 rings (SSSR count). The van der Waals surface area contributed by atoms with Crippen LogP contribution in [0.5, 0.6) is 5.75 Å². The third-order valence-electron chi connectivity index (χ3n) is 1.97. The molecule has 0 aliphatic carbocycles. The molecule has 0 bridgehead atoms. The minimum absolute atomic E-state index is 0. The van der Waals surface area contributed by atoms with Gasteiger partial charge in [0.05, 0.1) is 4.47 Å². The third kappa shape index (κ3) is 4.24. The van der Waals surface area contributed by atoms with Crippen LogP contribution >= 0.6 is 28.3 Å².